The van der Waals surface area contributed by atoms with E-state index >= 15 is 0 Å². The number of nitro benzene ring substituents is 1. The maximum atomic E-state index is 11.1. The quantitative estimate of drug-likeness (QED) is 0.465. The van der Waals surface area contributed by atoms with Gasteiger partial charge >= 0.3 is 0 Å². The first-order valence-corrected chi connectivity index (χ1v) is 7.25. The van der Waals surface area contributed by atoms with Crippen LogP contribution in [0.2, 0.25) is 10.0 Å². The summed E-state index contributed by atoms with van der Waals surface area (Å²) in [4.78, 5) is 10.4. The number of rotatable bonds is 5. The Morgan fingerprint density at radius 3 is 2.52 bits per heavy atom. The molecule has 0 aromatic heterocycles. The molecule has 0 amide bonds. The Bertz CT molecular complexity index is 931. The van der Waals surface area contributed by atoms with Gasteiger partial charge in [-0.15, -0.1) is 0 Å². The van der Waals surface area contributed by atoms with Crippen molar-refractivity contribution in [2.24, 2.45) is 5.10 Å². The van der Waals surface area contributed by atoms with Crippen LogP contribution in [-0.4, -0.2) is 10.6 Å². The molecule has 2 aromatic carbocycles. The fraction of sp³-hybridized carbons (Fsp3) is 0. The Kier molecular flexibility index (Phi) is 5.75. The Hall–Kier alpha value is -3.33. The van der Waals surface area contributed by atoms with Crippen LogP contribution in [0.5, 0.6) is 11.5 Å². The number of nitrogens with one attached hydrogen (secondary N) is 1. The highest BCUT2D eigenvalue weighted by Crippen LogP contribution is 2.34. The first kappa shape index (κ1) is 18.0. The van der Waals surface area contributed by atoms with Gasteiger partial charge in [-0.2, -0.15) is 15.6 Å². The standard InChI is InChI=1S/C15H7Cl2N5O3/c16-9-1-2-15(14(17)3-9)25-13-5-10(4-12(6-13)22(23)24)20-21-11(7-18)8-19/h1-6,20H. The van der Waals surface area contributed by atoms with Crippen LogP contribution in [0.3, 0.4) is 0 Å². The van der Waals surface area contributed by atoms with Crippen molar-refractivity contribution in [3.8, 4) is 23.6 Å². The van der Waals surface area contributed by atoms with E-state index in [2.05, 4.69) is 10.5 Å². The number of hydrogen-bond donors (Lipinski definition) is 1. The number of nitrogens with zero attached hydrogens (tertiary/aromatic N) is 4. The second-order valence-corrected chi connectivity index (χ2v) is 5.29. The van der Waals surface area contributed by atoms with Crippen molar-refractivity contribution in [2.75, 3.05) is 5.43 Å². The van der Waals surface area contributed by atoms with Crippen molar-refractivity contribution in [2.45, 2.75) is 0 Å². The Morgan fingerprint density at radius 2 is 1.92 bits per heavy atom. The number of hydrazone groups is 1. The number of nitro groups is 1. The van der Waals surface area contributed by atoms with E-state index in [0.717, 1.165) is 0 Å². The smallest absolute Gasteiger partial charge is 0.275 e. The third-order valence-corrected chi connectivity index (χ3v) is 3.26. The number of non-ortho nitro benzene ring substituents is 1. The topological polar surface area (TPSA) is 124 Å². The maximum absolute atomic E-state index is 11.1. The molecule has 0 aliphatic rings. The van der Waals surface area contributed by atoms with E-state index in [4.69, 9.17) is 38.5 Å². The molecule has 0 heterocycles. The third-order valence-electron chi connectivity index (χ3n) is 2.73. The molecule has 2 rings (SSSR count). The van der Waals surface area contributed by atoms with E-state index in [1.807, 2.05) is 0 Å². The fourth-order valence-electron chi connectivity index (χ4n) is 1.69. The molecule has 0 aliphatic heterocycles. The predicted octanol–water partition coefficient (Wildman–Crippen LogP) is 4.51. The highest BCUT2D eigenvalue weighted by molar-refractivity contribution is 6.35. The SMILES string of the molecule is N#CC(C#N)=NNc1cc(Oc2ccc(Cl)cc2Cl)cc([N+](=O)[O-])c1. The van der Waals surface area contributed by atoms with Gasteiger partial charge in [-0.1, -0.05) is 23.2 Å². The summed E-state index contributed by atoms with van der Waals surface area (Å²) in [6.07, 6.45) is 0. The van der Waals surface area contributed by atoms with Gasteiger partial charge in [-0.05, 0) is 18.2 Å². The van der Waals surface area contributed by atoms with E-state index < -0.39 is 10.6 Å². The van der Waals surface area contributed by atoms with Gasteiger partial charge < -0.3 is 4.74 Å². The first-order chi connectivity index (χ1) is 11.9. The summed E-state index contributed by atoms with van der Waals surface area (Å²) in [5.74, 6) is 0.349. The molecule has 0 atom stereocenters. The first-order valence-electron chi connectivity index (χ1n) is 6.49. The molecule has 0 radical (unpaired) electrons. The van der Waals surface area contributed by atoms with Crippen LogP contribution in [0.1, 0.15) is 0 Å². The number of ether oxygens (including phenoxy) is 1. The monoisotopic (exact) mass is 375 g/mol. The van der Waals surface area contributed by atoms with Gasteiger partial charge in [0, 0.05) is 17.2 Å². The van der Waals surface area contributed by atoms with E-state index in [1.54, 1.807) is 18.2 Å². The average Bonchev–Trinajstić information content (AvgIpc) is 2.58. The van der Waals surface area contributed by atoms with Crippen LogP contribution in [0.4, 0.5) is 11.4 Å². The lowest BCUT2D eigenvalue weighted by molar-refractivity contribution is -0.384. The zero-order chi connectivity index (χ0) is 18.4. The van der Waals surface area contributed by atoms with Gasteiger partial charge in [0.25, 0.3) is 5.69 Å². The Balaban J connectivity index is 2.37. The molecule has 0 fully saturated rings. The maximum Gasteiger partial charge on any atom is 0.275 e. The van der Waals surface area contributed by atoms with E-state index in [-0.39, 0.29) is 27.9 Å². The molecule has 0 saturated heterocycles. The molecule has 1 N–H and O–H groups in total. The molecule has 25 heavy (non-hydrogen) atoms. The van der Waals surface area contributed by atoms with Gasteiger partial charge in [0.15, 0.2) is 0 Å². The van der Waals surface area contributed by atoms with Crippen LogP contribution in [0, 0.1) is 32.8 Å². The average molecular weight is 376 g/mol. The zero-order valence-electron chi connectivity index (χ0n) is 12.2. The molecule has 124 valence electrons. The highest BCUT2D eigenvalue weighted by atomic mass is 35.5. The molecule has 0 bridgehead atoms. The summed E-state index contributed by atoms with van der Waals surface area (Å²) in [5, 5.41) is 32.5. The minimum Gasteiger partial charge on any atom is -0.455 e. The van der Waals surface area contributed by atoms with Crippen LogP contribution >= 0.6 is 23.2 Å². The Labute approximate surface area is 151 Å². The van der Waals surface area contributed by atoms with Crippen LogP contribution in [-0.2, 0) is 0 Å². The highest BCUT2D eigenvalue weighted by Gasteiger charge is 2.13. The van der Waals surface area contributed by atoms with Crippen LogP contribution < -0.4 is 10.2 Å². The third kappa shape index (κ3) is 4.82. The predicted molar refractivity (Wildman–Crippen MR) is 91.9 cm³/mol. The molecule has 10 heteroatoms. The molecule has 0 aliphatic carbocycles. The largest absolute Gasteiger partial charge is 0.455 e. The van der Waals surface area contributed by atoms with Crippen molar-refractivity contribution in [3.05, 3.63) is 56.6 Å². The minimum absolute atomic E-state index is 0.103. The van der Waals surface area contributed by atoms with E-state index in [0.29, 0.717) is 5.02 Å². The van der Waals surface area contributed by atoms with Gasteiger partial charge in [0.2, 0.25) is 5.71 Å². The molecule has 0 spiro atoms. The minimum atomic E-state index is -0.624. The van der Waals surface area contributed by atoms with Crippen molar-refractivity contribution >= 4 is 40.3 Å². The van der Waals surface area contributed by atoms with Crippen molar-refractivity contribution in [1.29, 1.82) is 10.5 Å². The lowest BCUT2D eigenvalue weighted by Crippen LogP contribution is -1.98. The lowest BCUT2D eigenvalue weighted by atomic mass is 10.2. The summed E-state index contributed by atoms with van der Waals surface area (Å²) in [6.45, 7) is 0. The molecule has 8 nitrogen and oxygen atoms in total. The summed E-state index contributed by atoms with van der Waals surface area (Å²) in [6, 6.07) is 11.4. The van der Waals surface area contributed by atoms with Crippen LogP contribution in [0.25, 0.3) is 0 Å². The van der Waals surface area contributed by atoms with Gasteiger partial charge in [-0.3, -0.25) is 15.5 Å². The Morgan fingerprint density at radius 1 is 1.20 bits per heavy atom. The number of benzene rings is 2. The molecule has 0 saturated carbocycles. The fourth-order valence-corrected chi connectivity index (χ4v) is 2.14. The number of halogens is 2. The molecule has 2 aromatic rings. The summed E-state index contributed by atoms with van der Waals surface area (Å²) < 4.78 is 5.54. The van der Waals surface area contributed by atoms with Crippen molar-refractivity contribution in [3.63, 3.8) is 0 Å². The number of hydrogen-bond acceptors (Lipinski definition) is 7. The van der Waals surface area contributed by atoms with Crippen LogP contribution in [0.15, 0.2) is 41.5 Å². The van der Waals surface area contributed by atoms with E-state index in [1.165, 1.54) is 30.3 Å². The van der Waals surface area contributed by atoms with Gasteiger partial charge in [0.1, 0.15) is 23.6 Å². The summed E-state index contributed by atoms with van der Waals surface area (Å²) >= 11 is 11.8. The number of nitriles is 2. The van der Waals surface area contributed by atoms with Gasteiger partial charge in [-0.25, -0.2) is 0 Å². The zero-order valence-corrected chi connectivity index (χ0v) is 13.7. The summed E-state index contributed by atoms with van der Waals surface area (Å²) in [7, 11) is 0. The molecule has 0 unspecified atom stereocenters. The molecular weight excluding hydrogens is 369 g/mol. The normalized spacial score (nSPS) is 9.44. The molecular formula is C15H7Cl2N5O3. The van der Waals surface area contributed by atoms with Gasteiger partial charge in [0.05, 0.1) is 21.7 Å². The second-order valence-electron chi connectivity index (χ2n) is 4.45. The van der Waals surface area contributed by atoms with Crippen molar-refractivity contribution in [1.82, 2.24) is 0 Å². The number of anilines is 1. The summed E-state index contributed by atoms with van der Waals surface area (Å²) in [5.41, 5.74) is 1.83. The van der Waals surface area contributed by atoms with Crippen molar-refractivity contribution < 1.29 is 9.66 Å². The lowest BCUT2D eigenvalue weighted by Gasteiger charge is -2.09. The second kappa shape index (κ2) is 7.97. The van der Waals surface area contributed by atoms with E-state index in [9.17, 15) is 10.1 Å².